The summed E-state index contributed by atoms with van der Waals surface area (Å²) >= 11 is 1.60. The summed E-state index contributed by atoms with van der Waals surface area (Å²) in [6.45, 7) is 6.20. The zero-order chi connectivity index (χ0) is 8.20. The van der Waals surface area contributed by atoms with E-state index in [2.05, 4.69) is 0 Å². The molecule has 0 aromatic heterocycles. The average Bonchev–Trinajstić information content (AvgIpc) is 1.87. The molecule has 2 N–H and O–H groups in total. The number of aliphatic hydroxyl groups excluding tert-OH is 2. The molecule has 0 rings (SSSR count). The Labute approximate surface area is 66.6 Å². The summed E-state index contributed by atoms with van der Waals surface area (Å²) in [6, 6.07) is 0. The number of hydrogen-bond acceptors (Lipinski definition) is 3. The van der Waals surface area contributed by atoms with E-state index in [1.165, 1.54) is 0 Å². The molecule has 0 bridgehead atoms. The van der Waals surface area contributed by atoms with Crippen molar-refractivity contribution in [2.24, 2.45) is 0 Å². The average molecular weight is 164 g/mol. The van der Waals surface area contributed by atoms with Crippen LogP contribution in [0, 0.1) is 0 Å². The first-order chi connectivity index (χ1) is 4.52. The van der Waals surface area contributed by atoms with Crippen LogP contribution in [-0.2, 0) is 0 Å². The molecule has 0 saturated heterocycles. The zero-order valence-electron chi connectivity index (χ0n) is 6.79. The lowest BCUT2D eigenvalue weighted by Gasteiger charge is -2.23. The van der Waals surface area contributed by atoms with Gasteiger partial charge in [0, 0.05) is 10.00 Å². The van der Waals surface area contributed by atoms with Crippen molar-refractivity contribution in [2.75, 3.05) is 13.2 Å². The molecule has 0 saturated carbocycles. The van der Waals surface area contributed by atoms with Gasteiger partial charge in [-0.1, -0.05) is 6.92 Å². The third-order valence-corrected chi connectivity index (χ3v) is 2.48. The highest BCUT2D eigenvalue weighted by Gasteiger charge is 2.19. The smallest absolute Gasteiger partial charge is 0.0572 e. The highest BCUT2D eigenvalue weighted by atomic mass is 32.2. The van der Waals surface area contributed by atoms with Gasteiger partial charge >= 0.3 is 0 Å². The second-order valence-corrected chi connectivity index (χ2v) is 5.17. The fraction of sp³-hybridized carbons (Fsp3) is 1.00. The van der Waals surface area contributed by atoms with Crippen LogP contribution >= 0.6 is 11.8 Å². The SMILES string of the molecule is CC(CO)SC(C)(C)CO. The largest absolute Gasteiger partial charge is 0.395 e. The zero-order valence-corrected chi connectivity index (χ0v) is 7.61. The maximum atomic E-state index is 8.84. The first-order valence-electron chi connectivity index (χ1n) is 3.41. The van der Waals surface area contributed by atoms with E-state index in [4.69, 9.17) is 10.2 Å². The van der Waals surface area contributed by atoms with Gasteiger partial charge in [0.05, 0.1) is 13.2 Å². The Bertz CT molecular complexity index is 93.6. The molecule has 3 heteroatoms. The maximum absolute atomic E-state index is 8.84. The molecule has 62 valence electrons. The molecule has 0 fully saturated rings. The molecule has 0 aliphatic rings. The summed E-state index contributed by atoms with van der Waals surface area (Å²) in [5.74, 6) is 0. The maximum Gasteiger partial charge on any atom is 0.0572 e. The molecule has 0 aliphatic heterocycles. The first-order valence-corrected chi connectivity index (χ1v) is 4.29. The van der Waals surface area contributed by atoms with E-state index in [9.17, 15) is 0 Å². The van der Waals surface area contributed by atoms with Crippen molar-refractivity contribution in [3.05, 3.63) is 0 Å². The second kappa shape index (κ2) is 4.21. The Kier molecular flexibility index (Phi) is 4.32. The number of thioether (sulfide) groups is 1. The van der Waals surface area contributed by atoms with Crippen molar-refractivity contribution in [1.29, 1.82) is 0 Å². The molecule has 0 amide bonds. The monoisotopic (exact) mass is 164 g/mol. The molecular weight excluding hydrogens is 148 g/mol. The minimum absolute atomic E-state index is 0.123. The lowest BCUT2D eigenvalue weighted by molar-refractivity contribution is 0.262. The quantitative estimate of drug-likeness (QED) is 0.648. The van der Waals surface area contributed by atoms with Crippen LogP contribution in [0.25, 0.3) is 0 Å². The first kappa shape index (κ1) is 10.3. The van der Waals surface area contributed by atoms with E-state index in [1.807, 2.05) is 20.8 Å². The van der Waals surface area contributed by atoms with E-state index in [0.29, 0.717) is 0 Å². The third-order valence-electron chi connectivity index (χ3n) is 1.16. The van der Waals surface area contributed by atoms with Gasteiger partial charge < -0.3 is 10.2 Å². The number of aliphatic hydroxyl groups is 2. The van der Waals surface area contributed by atoms with E-state index in [0.717, 1.165) is 0 Å². The molecule has 2 nitrogen and oxygen atoms in total. The van der Waals surface area contributed by atoms with Gasteiger partial charge in [0.2, 0.25) is 0 Å². The Morgan fingerprint density at radius 1 is 1.40 bits per heavy atom. The third kappa shape index (κ3) is 4.14. The van der Waals surface area contributed by atoms with Gasteiger partial charge in [-0.3, -0.25) is 0 Å². The Hall–Kier alpha value is 0.270. The van der Waals surface area contributed by atoms with Gasteiger partial charge in [-0.15, -0.1) is 11.8 Å². The van der Waals surface area contributed by atoms with Crippen LogP contribution in [0.3, 0.4) is 0 Å². The van der Waals surface area contributed by atoms with Crippen LogP contribution < -0.4 is 0 Å². The van der Waals surface area contributed by atoms with Gasteiger partial charge in [0.25, 0.3) is 0 Å². The van der Waals surface area contributed by atoms with Gasteiger partial charge in [-0.25, -0.2) is 0 Å². The van der Waals surface area contributed by atoms with Crippen LogP contribution in [0.1, 0.15) is 20.8 Å². The highest BCUT2D eigenvalue weighted by molar-refractivity contribution is 8.01. The van der Waals surface area contributed by atoms with Crippen molar-refractivity contribution in [3.63, 3.8) is 0 Å². The van der Waals surface area contributed by atoms with Gasteiger partial charge in [-0.2, -0.15) is 0 Å². The Morgan fingerprint density at radius 2 is 1.90 bits per heavy atom. The van der Waals surface area contributed by atoms with Crippen LogP contribution in [0.2, 0.25) is 0 Å². The lowest BCUT2D eigenvalue weighted by atomic mass is 10.2. The van der Waals surface area contributed by atoms with Gasteiger partial charge in [0.15, 0.2) is 0 Å². The Balaban J connectivity index is 3.64. The minimum atomic E-state index is -0.123. The molecule has 10 heavy (non-hydrogen) atoms. The molecule has 0 aromatic rings. The fourth-order valence-electron chi connectivity index (χ4n) is 0.619. The molecular formula is C7H16O2S. The number of hydrogen-bond donors (Lipinski definition) is 2. The standard InChI is InChI=1S/C7H16O2S/c1-6(4-8)10-7(2,3)5-9/h6,8-9H,4-5H2,1-3H3. The van der Waals surface area contributed by atoms with Crippen molar-refractivity contribution in [1.82, 2.24) is 0 Å². The summed E-state index contributed by atoms with van der Waals surface area (Å²) in [5, 5.41) is 17.7. The molecule has 1 unspecified atom stereocenters. The lowest BCUT2D eigenvalue weighted by Crippen LogP contribution is -2.24. The predicted molar refractivity (Wildman–Crippen MR) is 45.3 cm³/mol. The summed E-state index contributed by atoms with van der Waals surface area (Å²) < 4.78 is -0.123. The summed E-state index contributed by atoms with van der Waals surface area (Å²) in [5.41, 5.74) is 0. The molecule has 0 spiro atoms. The van der Waals surface area contributed by atoms with Crippen molar-refractivity contribution in [3.8, 4) is 0 Å². The number of rotatable bonds is 4. The summed E-state index contributed by atoms with van der Waals surface area (Å²) in [4.78, 5) is 0. The fourth-order valence-corrected chi connectivity index (χ4v) is 1.86. The summed E-state index contributed by atoms with van der Waals surface area (Å²) in [7, 11) is 0. The topological polar surface area (TPSA) is 40.5 Å². The summed E-state index contributed by atoms with van der Waals surface area (Å²) in [6.07, 6.45) is 0. The predicted octanol–water partition coefficient (Wildman–Crippen LogP) is 0.871. The van der Waals surface area contributed by atoms with Gasteiger partial charge in [-0.05, 0) is 13.8 Å². The molecule has 0 radical (unpaired) electrons. The van der Waals surface area contributed by atoms with Crippen LogP contribution in [0.15, 0.2) is 0 Å². The van der Waals surface area contributed by atoms with Crippen molar-refractivity contribution < 1.29 is 10.2 Å². The second-order valence-electron chi connectivity index (χ2n) is 3.03. The van der Waals surface area contributed by atoms with E-state index in [-0.39, 0.29) is 23.2 Å². The van der Waals surface area contributed by atoms with Crippen LogP contribution in [-0.4, -0.2) is 33.4 Å². The highest BCUT2D eigenvalue weighted by Crippen LogP contribution is 2.27. The van der Waals surface area contributed by atoms with E-state index >= 15 is 0 Å². The van der Waals surface area contributed by atoms with Crippen molar-refractivity contribution >= 4 is 11.8 Å². The van der Waals surface area contributed by atoms with Crippen LogP contribution in [0.4, 0.5) is 0 Å². The molecule has 1 atom stereocenters. The van der Waals surface area contributed by atoms with Crippen LogP contribution in [0.5, 0.6) is 0 Å². The Morgan fingerprint density at radius 3 is 2.20 bits per heavy atom. The minimum Gasteiger partial charge on any atom is -0.395 e. The molecule has 0 aliphatic carbocycles. The molecule has 0 heterocycles. The van der Waals surface area contributed by atoms with E-state index < -0.39 is 0 Å². The van der Waals surface area contributed by atoms with E-state index in [1.54, 1.807) is 11.8 Å². The van der Waals surface area contributed by atoms with Crippen molar-refractivity contribution in [2.45, 2.75) is 30.8 Å². The molecule has 0 aromatic carbocycles. The normalized spacial score (nSPS) is 15.3. The van der Waals surface area contributed by atoms with Gasteiger partial charge in [0.1, 0.15) is 0 Å².